The highest BCUT2D eigenvalue weighted by atomic mass is 35.5. The number of nitrogens with zero attached hydrogens (tertiary/aromatic N) is 3. The molecule has 180 valence electrons. The van der Waals surface area contributed by atoms with Crippen molar-refractivity contribution in [1.82, 2.24) is 19.7 Å². The van der Waals surface area contributed by atoms with Gasteiger partial charge >= 0.3 is 0 Å². The average Bonchev–Trinajstić information content (AvgIpc) is 3.20. The maximum absolute atomic E-state index is 12.7. The van der Waals surface area contributed by atoms with E-state index in [2.05, 4.69) is 10.4 Å². The molecule has 8 nitrogen and oxygen atoms in total. The van der Waals surface area contributed by atoms with Crippen LogP contribution in [0.2, 0.25) is 5.02 Å². The van der Waals surface area contributed by atoms with Gasteiger partial charge in [-0.2, -0.15) is 5.10 Å². The van der Waals surface area contributed by atoms with E-state index < -0.39 is 0 Å². The number of aromatic nitrogens is 3. The summed E-state index contributed by atoms with van der Waals surface area (Å²) in [6.07, 6.45) is 3.40. The van der Waals surface area contributed by atoms with Crippen LogP contribution in [0.3, 0.4) is 0 Å². The van der Waals surface area contributed by atoms with Crippen molar-refractivity contribution in [2.75, 3.05) is 12.3 Å². The third-order valence-electron chi connectivity index (χ3n) is 5.33. The Morgan fingerprint density at radius 3 is 2.54 bits per heavy atom. The van der Waals surface area contributed by atoms with E-state index in [-0.39, 0.29) is 29.9 Å². The lowest BCUT2D eigenvalue weighted by Gasteiger charge is -2.14. The van der Waals surface area contributed by atoms with Crippen molar-refractivity contribution in [3.8, 4) is 5.75 Å². The Morgan fingerprint density at radius 2 is 1.83 bits per heavy atom. The minimum absolute atomic E-state index is 0.0419. The number of carbonyl (C=O) groups is 1. The van der Waals surface area contributed by atoms with E-state index in [1.54, 1.807) is 52.0 Å². The van der Waals surface area contributed by atoms with Crippen molar-refractivity contribution in [1.29, 1.82) is 0 Å². The summed E-state index contributed by atoms with van der Waals surface area (Å²) in [5, 5.41) is 7.74. The first-order valence-corrected chi connectivity index (χ1v) is 11.5. The lowest BCUT2D eigenvalue weighted by Crippen LogP contribution is -2.36. The molecule has 1 amide bonds. The molecule has 0 unspecified atom stereocenters. The van der Waals surface area contributed by atoms with Crippen molar-refractivity contribution in [3.63, 3.8) is 0 Å². The van der Waals surface area contributed by atoms with Crippen LogP contribution in [-0.4, -0.2) is 32.9 Å². The molecule has 9 heteroatoms. The topological polar surface area (TPSA) is 104 Å². The molecule has 2 aromatic carbocycles. The lowest BCUT2D eigenvalue weighted by molar-refractivity contribution is 0.0927. The van der Waals surface area contributed by atoms with E-state index in [0.29, 0.717) is 29.4 Å². The molecular formula is C26H26ClN5O3. The molecule has 0 aliphatic carbocycles. The molecule has 0 aliphatic heterocycles. The molecule has 0 fully saturated rings. The Bertz CT molecular complexity index is 1360. The predicted molar refractivity (Wildman–Crippen MR) is 136 cm³/mol. The summed E-state index contributed by atoms with van der Waals surface area (Å²) < 4.78 is 8.96. The van der Waals surface area contributed by atoms with Crippen LogP contribution in [-0.2, 0) is 13.1 Å². The second-order valence-electron chi connectivity index (χ2n) is 8.25. The van der Waals surface area contributed by atoms with Crippen LogP contribution in [0.15, 0.2) is 83.9 Å². The number of anilines is 1. The maximum atomic E-state index is 12.7. The lowest BCUT2D eigenvalue weighted by atomic mass is 10.1. The number of nitrogens with two attached hydrogens (primary N) is 1. The van der Waals surface area contributed by atoms with Crippen LogP contribution < -0.4 is 21.3 Å². The molecule has 1 atom stereocenters. The molecule has 0 aliphatic rings. The van der Waals surface area contributed by atoms with E-state index in [0.717, 1.165) is 11.1 Å². The Morgan fingerprint density at radius 1 is 1.09 bits per heavy atom. The first-order valence-electron chi connectivity index (χ1n) is 11.1. The quantitative estimate of drug-likeness (QED) is 0.372. The highest BCUT2D eigenvalue weighted by molar-refractivity contribution is 6.30. The third kappa shape index (κ3) is 6.51. The van der Waals surface area contributed by atoms with E-state index in [1.165, 1.54) is 6.07 Å². The molecule has 3 N–H and O–H groups in total. The molecule has 0 saturated heterocycles. The fourth-order valence-corrected chi connectivity index (χ4v) is 3.72. The summed E-state index contributed by atoms with van der Waals surface area (Å²) in [5.74, 6) is 0.470. The molecule has 0 saturated carbocycles. The van der Waals surface area contributed by atoms with Gasteiger partial charge in [0, 0.05) is 23.5 Å². The molecule has 2 heterocycles. The van der Waals surface area contributed by atoms with E-state index in [4.69, 9.17) is 22.1 Å². The SMILES string of the molecule is C[C@H](COc1cccc(Cl)c1)NC(=O)c1cn(Cc2ccc(Cn3ccccc3=O)cc2)nc1N. The molecule has 4 aromatic rings. The maximum Gasteiger partial charge on any atom is 0.256 e. The molecule has 35 heavy (non-hydrogen) atoms. The largest absolute Gasteiger partial charge is 0.491 e. The number of benzene rings is 2. The van der Waals surface area contributed by atoms with E-state index in [9.17, 15) is 9.59 Å². The summed E-state index contributed by atoms with van der Waals surface area (Å²) in [5.41, 5.74) is 8.27. The fourth-order valence-electron chi connectivity index (χ4n) is 3.54. The van der Waals surface area contributed by atoms with Gasteiger partial charge in [0.1, 0.15) is 17.9 Å². The molecule has 0 bridgehead atoms. The fraction of sp³-hybridized carbons (Fsp3) is 0.192. The molecule has 0 spiro atoms. The normalized spacial score (nSPS) is 11.7. The van der Waals surface area contributed by atoms with Crippen LogP contribution >= 0.6 is 11.6 Å². The standard InChI is InChI=1S/C26H26ClN5O3/c1-18(17-35-22-6-4-5-21(27)13-22)29-26(34)23-16-32(30-25(23)28)15-20-10-8-19(9-11-20)14-31-12-3-2-7-24(31)33/h2-13,16,18H,14-15,17H2,1H3,(H2,28,30)(H,29,34)/t18-/m1/s1. The van der Waals surface area contributed by atoms with E-state index in [1.807, 2.05) is 37.3 Å². The van der Waals surface area contributed by atoms with Gasteiger partial charge in [0.15, 0.2) is 5.82 Å². The first kappa shape index (κ1) is 24.1. The number of rotatable bonds is 9. The van der Waals surface area contributed by atoms with Crippen molar-refractivity contribution in [3.05, 3.63) is 111 Å². The minimum atomic E-state index is -0.320. The van der Waals surface area contributed by atoms with Crippen molar-refractivity contribution in [2.24, 2.45) is 0 Å². The zero-order valence-electron chi connectivity index (χ0n) is 19.2. The monoisotopic (exact) mass is 491 g/mol. The summed E-state index contributed by atoms with van der Waals surface area (Å²) >= 11 is 5.96. The molecular weight excluding hydrogens is 466 g/mol. The summed E-state index contributed by atoms with van der Waals surface area (Å²) in [4.78, 5) is 24.6. The van der Waals surface area contributed by atoms with Gasteiger partial charge in [-0.25, -0.2) is 0 Å². The summed E-state index contributed by atoms with van der Waals surface area (Å²) in [6.45, 7) is 3.07. The number of hydrogen-bond acceptors (Lipinski definition) is 5. The Labute approximate surface area is 207 Å². The summed E-state index contributed by atoms with van der Waals surface area (Å²) in [6, 6.07) is 19.8. The van der Waals surface area contributed by atoms with Crippen LogP contribution in [0, 0.1) is 0 Å². The highest BCUT2D eigenvalue weighted by Crippen LogP contribution is 2.17. The number of nitrogen functional groups attached to an aromatic ring is 1. The van der Waals surface area contributed by atoms with E-state index >= 15 is 0 Å². The van der Waals surface area contributed by atoms with Gasteiger partial charge in [-0.15, -0.1) is 0 Å². The van der Waals surface area contributed by atoms with Crippen LogP contribution in [0.1, 0.15) is 28.4 Å². The summed E-state index contributed by atoms with van der Waals surface area (Å²) in [7, 11) is 0. The Hall–Kier alpha value is -4.04. The zero-order chi connectivity index (χ0) is 24.8. The number of pyridine rings is 1. The average molecular weight is 492 g/mol. The van der Waals surface area contributed by atoms with Gasteiger partial charge in [-0.05, 0) is 42.3 Å². The Kier molecular flexibility index (Phi) is 7.52. The molecule has 2 aromatic heterocycles. The first-order chi connectivity index (χ1) is 16.9. The van der Waals surface area contributed by atoms with Gasteiger partial charge in [-0.3, -0.25) is 14.3 Å². The van der Waals surface area contributed by atoms with Crippen LogP contribution in [0.5, 0.6) is 5.75 Å². The molecule has 0 radical (unpaired) electrons. The number of carbonyl (C=O) groups excluding carboxylic acids is 1. The predicted octanol–water partition coefficient (Wildman–Crippen LogP) is 3.57. The second-order valence-corrected chi connectivity index (χ2v) is 8.69. The zero-order valence-corrected chi connectivity index (χ0v) is 20.0. The van der Waals surface area contributed by atoms with Crippen molar-refractivity contribution >= 4 is 23.3 Å². The van der Waals surface area contributed by atoms with Gasteiger partial charge in [0.25, 0.3) is 11.5 Å². The second kappa shape index (κ2) is 10.9. The minimum Gasteiger partial charge on any atom is -0.491 e. The number of ether oxygens (including phenoxy) is 1. The number of nitrogens with one attached hydrogen (secondary N) is 1. The third-order valence-corrected chi connectivity index (χ3v) is 5.56. The van der Waals surface area contributed by atoms with Gasteiger partial charge in [0.05, 0.1) is 19.1 Å². The number of halogens is 1. The molecule has 4 rings (SSSR count). The smallest absolute Gasteiger partial charge is 0.256 e. The number of amides is 1. The van der Waals surface area contributed by atoms with Gasteiger partial charge in [-0.1, -0.05) is 48.0 Å². The number of hydrogen-bond donors (Lipinski definition) is 2. The van der Waals surface area contributed by atoms with Gasteiger partial charge < -0.3 is 20.4 Å². The van der Waals surface area contributed by atoms with Crippen molar-refractivity contribution in [2.45, 2.75) is 26.1 Å². The van der Waals surface area contributed by atoms with Gasteiger partial charge in [0.2, 0.25) is 0 Å². The van der Waals surface area contributed by atoms with Crippen LogP contribution in [0.4, 0.5) is 5.82 Å². The Balaban J connectivity index is 1.33. The van der Waals surface area contributed by atoms with Crippen molar-refractivity contribution < 1.29 is 9.53 Å². The highest BCUT2D eigenvalue weighted by Gasteiger charge is 2.17. The van der Waals surface area contributed by atoms with Crippen LogP contribution in [0.25, 0.3) is 0 Å².